The number of anilines is 1. The van der Waals surface area contributed by atoms with E-state index in [1.807, 2.05) is 4.90 Å². The number of hydrogen-bond donors (Lipinski definition) is 1. The molecule has 9 nitrogen and oxygen atoms in total. The van der Waals surface area contributed by atoms with Crippen LogP contribution in [0.5, 0.6) is 6.01 Å². The van der Waals surface area contributed by atoms with E-state index in [1.54, 1.807) is 19.2 Å². The predicted octanol–water partition coefficient (Wildman–Crippen LogP) is 4.35. The Balaban J connectivity index is 1.37. The van der Waals surface area contributed by atoms with Crippen molar-refractivity contribution in [3.63, 3.8) is 0 Å². The van der Waals surface area contributed by atoms with Crippen LogP contribution in [0.25, 0.3) is 10.9 Å². The molecular weight excluding hydrogens is 564 g/mol. The number of fused-ring (bicyclic) bond motifs is 4. The van der Waals surface area contributed by atoms with Gasteiger partial charge >= 0.3 is 12.1 Å². The van der Waals surface area contributed by atoms with Gasteiger partial charge in [0, 0.05) is 32.1 Å². The van der Waals surface area contributed by atoms with E-state index in [0.717, 1.165) is 25.0 Å². The summed E-state index contributed by atoms with van der Waals surface area (Å²) >= 11 is 3.26. The second-order valence-electron chi connectivity index (χ2n) is 11.0. The van der Waals surface area contributed by atoms with Gasteiger partial charge in [0.2, 0.25) is 0 Å². The number of carbonyl (C=O) groups is 1. The average molecular weight is 594 g/mol. The van der Waals surface area contributed by atoms with E-state index in [4.69, 9.17) is 14.5 Å². The number of rotatable bonds is 6. The first-order chi connectivity index (χ1) is 18.3. The fourth-order valence-corrected chi connectivity index (χ4v) is 7.43. The van der Waals surface area contributed by atoms with E-state index >= 15 is 4.39 Å². The first-order valence-electron chi connectivity index (χ1n) is 12.9. The van der Waals surface area contributed by atoms with Gasteiger partial charge in [-0.15, -0.1) is 0 Å². The molecule has 1 unspecified atom stereocenters. The van der Waals surface area contributed by atoms with Gasteiger partial charge in [0.25, 0.3) is 0 Å². The highest BCUT2D eigenvalue weighted by Gasteiger charge is 2.54. The van der Waals surface area contributed by atoms with Crippen molar-refractivity contribution in [3.05, 3.63) is 34.3 Å². The lowest BCUT2D eigenvalue weighted by Gasteiger charge is -2.47. The standard InChI is InChI=1S/C26H30BrF2N5O4/c1-37-14-26-7-5-17(34(26)24(35)36)12-32(13-26)22-18-3-4-19(27)20(29)21(18)30-23(31-22)38-15-25-6-2-8-33(25)11-16(9-25)10-28/h3-4,10,17H,2,5-9,11-15H2,1H3,(H,35,36)/b16-10-/t17-,25?,26+/m0/s1. The fraction of sp³-hybridized carbons (Fsp3) is 0.577. The number of piperazine rings is 1. The van der Waals surface area contributed by atoms with Gasteiger partial charge in [0.15, 0.2) is 5.82 Å². The number of nitrogens with zero attached hydrogens (tertiary/aromatic N) is 5. The Morgan fingerprint density at radius 3 is 2.89 bits per heavy atom. The molecule has 1 aromatic carbocycles. The van der Waals surface area contributed by atoms with Gasteiger partial charge in [-0.05, 0) is 72.3 Å². The van der Waals surface area contributed by atoms with E-state index in [2.05, 4.69) is 25.8 Å². The minimum Gasteiger partial charge on any atom is -0.465 e. The van der Waals surface area contributed by atoms with E-state index in [1.165, 1.54) is 4.90 Å². The quantitative estimate of drug-likeness (QED) is 0.528. The van der Waals surface area contributed by atoms with Crippen LogP contribution in [0.3, 0.4) is 0 Å². The van der Waals surface area contributed by atoms with Crippen molar-refractivity contribution in [1.82, 2.24) is 19.8 Å². The molecule has 0 radical (unpaired) electrons. The molecule has 2 aromatic rings. The minimum atomic E-state index is -0.964. The highest BCUT2D eigenvalue weighted by molar-refractivity contribution is 9.10. The zero-order valence-corrected chi connectivity index (χ0v) is 22.7. The first-order valence-corrected chi connectivity index (χ1v) is 13.7. The normalized spacial score (nSPS) is 30.0. The average Bonchev–Trinajstić information content (AvgIpc) is 3.52. The number of methoxy groups -OCH3 is 1. The molecular formula is C26H30BrF2N5O4. The molecule has 0 aliphatic carbocycles. The van der Waals surface area contributed by atoms with Gasteiger partial charge in [0.1, 0.15) is 17.9 Å². The van der Waals surface area contributed by atoms with Crippen molar-refractivity contribution in [2.75, 3.05) is 51.4 Å². The van der Waals surface area contributed by atoms with Crippen molar-refractivity contribution in [1.29, 1.82) is 0 Å². The van der Waals surface area contributed by atoms with E-state index in [-0.39, 0.29) is 40.8 Å². The second-order valence-corrected chi connectivity index (χ2v) is 11.8. The zero-order valence-electron chi connectivity index (χ0n) is 21.1. The first kappa shape index (κ1) is 25.7. The van der Waals surface area contributed by atoms with Crippen molar-refractivity contribution >= 4 is 38.7 Å². The molecule has 5 heterocycles. The SMILES string of the molecule is COC[C@@]12CC[C@@H](CN(c3nc(OCC45CCCN4C/C(=C\F)C5)nc4c(F)c(Br)ccc34)C1)N2C(=O)O. The summed E-state index contributed by atoms with van der Waals surface area (Å²) in [6.07, 6.45) is 3.58. The Labute approximate surface area is 227 Å². The summed E-state index contributed by atoms with van der Waals surface area (Å²) in [5, 5.41) is 10.5. The maximum atomic E-state index is 15.3. The molecule has 38 heavy (non-hydrogen) atoms. The molecule has 1 amide bonds. The summed E-state index contributed by atoms with van der Waals surface area (Å²) in [7, 11) is 1.57. The largest absolute Gasteiger partial charge is 0.465 e. The van der Waals surface area contributed by atoms with Crippen LogP contribution in [-0.4, -0.2) is 94.6 Å². The Kier molecular flexibility index (Phi) is 6.47. The molecule has 2 bridgehead atoms. The second kappa shape index (κ2) is 9.56. The van der Waals surface area contributed by atoms with E-state index in [9.17, 15) is 14.3 Å². The molecule has 12 heteroatoms. The third-order valence-corrected chi connectivity index (χ3v) is 9.30. The minimum absolute atomic E-state index is 0.0530. The van der Waals surface area contributed by atoms with Crippen LogP contribution < -0.4 is 9.64 Å². The Bertz CT molecular complexity index is 1310. The summed E-state index contributed by atoms with van der Waals surface area (Å²) in [6, 6.07) is 3.21. The zero-order chi connectivity index (χ0) is 26.7. The summed E-state index contributed by atoms with van der Waals surface area (Å²) in [6.45, 7) is 2.76. The molecule has 3 atom stereocenters. The molecule has 4 aliphatic rings. The van der Waals surface area contributed by atoms with Gasteiger partial charge in [-0.2, -0.15) is 9.97 Å². The van der Waals surface area contributed by atoms with Gasteiger partial charge < -0.3 is 19.5 Å². The van der Waals surface area contributed by atoms with E-state index < -0.39 is 17.4 Å². The molecule has 4 fully saturated rings. The number of benzene rings is 1. The maximum Gasteiger partial charge on any atom is 0.408 e. The number of amides is 1. The molecule has 0 spiro atoms. The number of carboxylic acid groups (broad SMARTS) is 1. The van der Waals surface area contributed by atoms with Crippen LogP contribution in [0.15, 0.2) is 28.5 Å². The van der Waals surface area contributed by atoms with Gasteiger partial charge in [0.05, 0.1) is 34.5 Å². The van der Waals surface area contributed by atoms with Crippen molar-refractivity contribution in [2.45, 2.75) is 49.2 Å². The number of aromatic nitrogens is 2. The van der Waals surface area contributed by atoms with Gasteiger partial charge in [-0.3, -0.25) is 9.80 Å². The highest BCUT2D eigenvalue weighted by atomic mass is 79.9. The smallest absolute Gasteiger partial charge is 0.408 e. The molecule has 1 aromatic heterocycles. The molecule has 6 rings (SSSR count). The Morgan fingerprint density at radius 1 is 1.29 bits per heavy atom. The monoisotopic (exact) mass is 593 g/mol. The number of hydrogen-bond acceptors (Lipinski definition) is 7. The van der Waals surface area contributed by atoms with Crippen LogP contribution >= 0.6 is 15.9 Å². The maximum absolute atomic E-state index is 15.3. The van der Waals surface area contributed by atoms with Crippen LogP contribution in [0.1, 0.15) is 32.1 Å². The summed E-state index contributed by atoms with van der Waals surface area (Å²) < 4.78 is 40.6. The van der Waals surface area contributed by atoms with Crippen molar-refractivity contribution < 1.29 is 28.2 Å². The summed E-state index contributed by atoms with van der Waals surface area (Å²) in [5.74, 6) is -0.00993. The fourth-order valence-electron chi connectivity index (χ4n) is 7.11. The number of halogens is 3. The lowest BCUT2D eigenvalue weighted by Crippen LogP contribution is -2.65. The molecule has 1 N–H and O–H groups in total. The van der Waals surface area contributed by atoms with Crippen molar-refractivity contribution in [3.8, 4) is 6.01 Å². The topological polar surface area (TPSA) is 91.3 Å². The van der Waals surface area contributed by atoms with Crippen LogP contribution in [0.2, 0.25) is 0 Å². The molecule has 204 valence electrons. The highest BCUT2D eigenvalue weighted by Crippen LogP contribution is 2.44. The van der Waals surface area contributed by atoms with Gasteiger partial charge in [-0.1, -0.05) is 0 Å². The summed E-state index contributed by atoms with van der Waals surface area (Å²) in [4.78, 5) is 27.1. The third kappa shape index (κ3) is 4.03. The van der Waals surface area contributed by atoms with Crippen molar-refractivity contribution in [2.24, 2.45) is 0 Å². The lowest BCUT2D eigenvalue weighted by atomic mass is 9.94. The predicted molar refractivity (Wildman–Crippen MR) is 140 cm³/mol. The van der Waals surface area contributed by atoms with E-state index in [0.29, 0.717) is 56.4 Å². The Morgan fingerprint density at radius 2 is 2.13 bits per heavy atom. The van der Waals surface area contributed by atoms with Crippen LogP contribution in [-0.2, 0) is 4.74 Å². The van der Waals surface area contributed by atoms with Crippen LogP contribution in [0, 0.1) is 5.82 Å². The Hall–Kier alpha value is -2.57. The van der Waals surface area contributed by atoms with Crippen LogP contribution in [0.4, 0.5) is 19.4 Å². The molecule has 0 saturated carbocycles. The van der Waals surface area contributed by atoms with Gasteiger partial charge in [-0.25, -0.2) is 13.6 Å². The molecule has 4 saturated heterocycles. The number of ether oxygens (including phenoxy) is 2. The molecule has 4 aliphatic heterocycles. The summed E-state index contributed by atoms with van der Waals surface area (Å²) in [5.41, 5.74) is -0.165. The third-order valence-electron chi connectivity index (χ3n) is 8.69. The lowest BCUT2D eigenvalue weighted by molar-refractivity contribution is 0.0178.